The van der Waals surface area contributed by atoms with Gasteiger partial charge in [0.15, 0.2) is 0 Å². The second kappa shape index (κ2) is 7.07. The number of rotatable bonds is 6. The highest BCUT2D eigenvalue weighted by Gasteiger charge is 2.24. The third-order valence-corrected chi connectivity index (χ3v) is 6.21. The first kappa shape index (κ1) is 17.0. The van der Waals surface area contributed by atoms with E-state index in [1.165, 1.54) is 4.31 Å². The van der Waals surface area contributed by atoms with Crippen molar-refractivity contribution in [2.75, 3.05) is 13.6 Å². The number of benzene rings is 1. The van der Waals surface area contributed by atoms with Crippen molar-refractivity contribution in [1.29, 1.82) is 0 Å². The summed E-state index contributed by atoms with van der Waals surface area (Å²) < 4.78 is 26.9. The lowest BCUT2D eigenvalue weighted by molar-refractivity contribution is 0.393. The number of sulfonamides is 1. The maximum atomic E-state index is 12.5. The van der Waals surface area contributed by atoms with Crippen molar-refractivity contribution in [3.05, 3.63) is 28.2 Å². The SMILES string of the molecule is CCC(C)CN(C)S(=O)(=O)c1ccc(CCl)cc1Br. The maximum Gasteiger partial charge on any atom is 0.243 e. The van der Waals surface area contributed by atoms with Crippen molar-refractivity contribution in [2.45, 2.75) is 31.0 Å². The molecular formula is C13H19BrClNO2S. The van der Waals surface area contributed by atoms with Gasteiger partial charge in [0, 0.05) is 23.9 Å². The van der Waals surface area contributed by atoms with E-state index in [4.69, 9.17) is 11.6 Å². The average Bonchev–Trinajstić information content (AvgIpc) is 2.37. The van der Waals surface area contributed by atoms with Crippen molar-refractivity contribution in [3.63, 3.8) is 0 Å². The molecular weight excluding hydrogens is 350 g/mol. The van der Waals surface area contributed by atoms with Crippen LogP contribution in [-0.2, 0) is 15.9 Å². The van der Waals surface area contributed by atoms with Gasteiger partial charge < -0.3 is 0 Å². The summed E-state index contributed by atoms with van der Waals surface area (Å²) in [6.45, 7) is 4.61. The predicted molar refractivity (Wildman–Crippen MR) is 83.0 cm³/mol. The zero-order valence-corrected chi connectivity index (χ0v) is 14.5. The Balaban J connectivity index is 3.06. The normalized spacial score (nSPS) is 13.8. The smallest absolute Gasteiger partial charge is 0.207 e. The summed E-state index contributed by atoms with van der Waals surface area (Å²) in [5.74, 6) is 0.697. The minimum Gasteiger partial charge on any atom is -0.207 e. The number of alkyl halides is 1. The minimum absolute atomic E-state index is 0.284. The molecule has 0 aliphatic rings. The van der Waals surface area contributed by atoms with Crippen LogP contribution in [-0.4, -0.2) is 26.3 Å². The van der Waals surface area contributed by atoms with Gasteiger partial charge in [0.2, 0.25) is 10.0 Å². The molecule has 19 heavy (non-hydrogen) atoms. The van der Waals surface area contributed by atoms with E-state index in [9.17, 15) is 8.42 Å². The lowest BCUT2D eigenvalue weighted by atomic mass is 10.1. The third kappa shape index (κ3) is 4.18. The van der Waals surface area contributed by atoms with Gasteiger partial charge in [0.05, 0.1) is 4.90 Å². The Hall–Kier alpha value is -0.100. The van der Waals surface area contributed by atoms with E-state index in [1.54, 1.807) is 25.2 Å². The molecule has 0 bridgehead atoms. The first-order chi connectivity index (χ1) is 8.82. The Labute approximate surface area is 129 Å². The van der Waals surface area contributed by atoms with Gasteiger partial charge in [-0.1, -0.05) is 26.3 Å². The molecule has 0 aliphatic heterocycles. The number of nitrogens with zero attached hydrogens (tertiary/aromatic N) is 1. The number of halogens is 2. The fourth-order valence-electron chi connectivity index (χ4n) is 1.67. The van der Waals surface area contributed by atoms with Crippen LogP contribution in [0.2, 0.25) is 0 Å². The molecule has 1 aromatic carbocycles. The Bertz CT molecular complexity index is 533. The van der Waals surface area contributed by atoms with Gasteiger partial charge >= 0.3 is 0 Å². The molecule has 0 spiro atoms. The van der Waals surface area contributed by atoms with Crippen LogP contribution in [0.15, 0.2) is 27.6 Å². The van der Waals surface area contributed by atoms with Crippen LogP contribution in [0.5, 0.6) is 0 Å². The fourth-order valence-corrected chi connectivity index (χ4v) is 4.21. The first-order valence-corrected chi connectivity index (χ1v) is 8.90. The standard InChI is InChI=1S/C13H19BrClNO2S/c1-4-10(2)9-16(3)19(17,18)13-6-5-11(8-15)7-12(13)14/h5-7,10H,4,8-9H2,1-3H3. The third-order valence-electron chi connectivity index (χ3n) is 3.10. The molecule has 0 saturated heterocycles. The van der Waals surface area contributed by atoms with Crippen LogP contribution in [0.4, 0.5) is 0 Å². The highest BCUT2D eigenvalue weighted by molar-refractivity contribution is 9.10. The molecule has 6 heteroatoms. The van der Waals surface area contributed by atoms with E-state index in [-0.39, 0.29) is 4.90 Å². The largest absolute Gasteiger partial charge is 0.243 e. The molecule has 1 aromatic rings. The van der Waals surface area contributed by atoms with Crippen molar-refractivity contribution in [2.24, 2.45) is 5.92 Å². The van der Waals surface area contributed by atoms with Gasteiger partial charge in [-0.15, -0.1) is 11.6 Å². The molecule has 0 heterocycles. The van der Waals surface area contributed by atoms with E-state index < -0.39 is 10.0 Å². The second-order valence-corrected chi connectivity index (χ2v) is 7.83. The molecule has 3 nitrogen and oxygen atoms in total. The summed E-state index contributed by atoms with van der Waals surface area (Å²) in [4.78, 5) is 0.284. The van der Waals surface area contributed by atoms with Crippen LogP contribution in [0.3, 0.4) is 0 Å². The van der Waals surface area contributed by atoms with E-state index in [0.717, 1.165) is 12.0 Å². The molecule has 0 fully saturated rings. The van der Waals surface area contributed by atoms with Crippen molar-refractivity contribution in [3.8, 4) is 0 Å². The molecule has 0 radical (unpaired) electrons. The van der Waals surface area contributed by atoms with E-state index >= 15 is 0 Å². The molecule has 0 amide bonds. The van der Waals surface area contributed by atoms with Crippen LogP contribution >= 0.6 is 27.5 Å². The van der Waals surface area contributed by atoms with Crippen molar-refractivity contribution in [1.82, 2.24) is 4.31 Å². The average molecular weight is 369 g/mol. The molecule has 0 saturated carbocycles. The van der Waals surface area contributed by atoms with Crippen LogP contribution in [0, 0.1) is 5.92 Å². The minimum atomic E-state index is -3.46. The highest BCUT2D eigenvalue weighted by Crippen LogP contribution is 2.26. The zero-order valence-electron chi connectivity index (χ0n) is 11.4. The molecule has 1 unspecified atom stereocenters. The Morgan fingerprint density at radius 1 is 1.42 bits per heavy atom. The molecule has 0 N–H and O–H groups in total. The zero-order chi connectivity index (χ0) is 14.6. The summed E-state index contributed by atoms with van der Waals surface area (Å²) in [5, 5.41) is 0. The molecule has 0 aromatic heterocycles. The topological polar surface area (TPSA) is 37.4 Å². The van der Waals surface area contributed by atoms with Crippen molar-refractivity contribution < 1.29 is 8.42 Å². The summed E-state index contributed by atoms with van der Waals surface area (Å²) in [5.41, 5.74) is 0.886. The Kier molecular flexibility index (Phi) is 6.30. The summed E-state index contributed by atoms with van der Waals surface area (Å²) in [6.07, 6.45) is 0.951. The quantitative estimate of drug-likeness (QED) is 0.715. The number of hydrogen-bond acceptors (Lipinski definition) is 2. The fraction of sp³-hybridized carbons (Fsp3) is 0.538. The second-order valence-electron chi connectivity index (χ2n) is 4.70. The molecule has 0 aliphatic carbocycles. The van der Waals surface area contributed by atoms with Crippen LogP contribution in [0.25, 0.3) is 0 Å². The van der Waals surface area contributed by atoms with E-state index in [1.807, 2.05) is 6.92 Å². The first-order valence-electron chi connectivity index (χ1n) is 6.13. The summed E-state index contributed by atoms with van der Waals surface area (Å²) in [7, 11) is -1.84. The lowest BCUT2D eigenvalue weighted by Crippen LogP contribution is -2.31. The van der Waals surface area contributed by atoms with Crippen LogP contribution in [0.1, 0.15) is 25.8 Å². The molecule has 1 atom stereocenters. The molecule has 108 valence electrons. The summed E-state index contributed by atoms with van der Waals surface area (Å²) in [6, 6.07) is 5.09. The monoisotopic (exact) mass is 367 g/mol. The van der Waals surface area contributed by atoms with Gasteiger partial charge in [0.25, 0.3) is 0 Å². The Morgan fingerprint density at radius 3 is 2.53 bits per heavy atom. The van der Waals surface area contributed by atoms with Gasteiger partial charge in [-0.25, -0.2) is 12.7 Å². The molecule has 1 rings (SSSR count). The Morgan fingerprint density at radius 2 is 2.05 bits per heavy atom. The highest BCUT2D eigenvalue weighted by atomic mass is 79.9. The van der Waals surface area contributed by atoms with E-state index in [0.29, 0.717) is 22.8 Å². The lowest BCUT2D eigenvalue weighted by Gasteiger charge is -2.21. The van der Waals surface area contributed by atoms with Gasteiger partial charge in [-0.2, -0.15) is 0 Å². The summed E-state index contributed by atoms with van der Waals surface area (Å²) >= 11 is 9.05. The van der Waals surface area contributed by atoms with Gasteiger partial charge in [-0.05, 0) is 39.5 Å². The number of hydrogen-bond donors (Lipinski definition) is 0. The van der Waals surface area contributed by atoms with Crippen molar-refractivity contribution >= 4 is 37.6 Å². The van der Waals surface area contributed by atoms with Crippen LogP contribution < -0.4 is 0 Å². The van der Waals surface area contributed by atoms with E-state index in [2.05, 4.69) is 22.9 Å². The maximum absolute atomic E-state index is 12.5. The van der Waals surface area contributed by atoms with Gasteiger partial charge in [0.1, 0.15) is 0 Å². The van der Waals surface area contributed by atoms with Gasteiger partial charge in [-0.3, -0.25) is 0 Å². The predicted octanol–water partition coefficient (Wildman–Crippen LogP) is 3.85.